The first kappa shape index (κ1) is 15.7. The minimum atomic E-state index is -5.29. The Morgan fingerprint density at radius 1 is 1.21 bits per heavy atom. The second-order valence-corrected chi connectivity index (χ2v) is 3.43. The van der Waals surface area contributed by atoms with Crippen molar-refractivity contribution in [3.8, 4) is 11.6 Å². The molecular formula is C9H6ClF6NO2. The van der Waals surface area contributed by atoms with E-state index in [9.17, 15) is 26.3 Å². The van der Waals surface area contributed by atoms with Crippen molar-refractivity contribution in [2.45, 2.75) is 18.4 Å². The van der Waals surface area contributed by atoms with Gasteiger partial charge in [-0.15, -0.1) is 24.8 Å². The Bertz CT molecular complexity index is 459. The molecule has 1 aromatic heterocycles. The van der Waals surface area contributed by atoms with Gasteiger partial charge >= 0.3 is 12.5 Å². The van der Waals surface area contributed by atoms with Crippen molar-refractivity contribution in [1.82, 2.24) is 4.98 Å². The molecule has 0 bridgehead atoms. The van der Waals surface area contributed by atoms with Gasteiger partial charge in [0.2, 0.25) is 5.88 Å². The van der Waals surface area contributed by atoms with Crippen molar-refractivity contribution in [1.29, 1.82) is 0 Å². The van der Waals surface area contributed by atoms with Crippen LogP contribution >= 0.6 is 11.6 Å². The fourth-order valence-corrected chi connectivity index (χ4v) is 1.38. The number of halogens is 7. The summed E-state index contributed by atoms with van der Waals surface area (Å²) in [5, 5.41) is 0. The van der Waals surface area contributed by atoms with E-state index in [4.69, 9.17) is 11.6 Å². The molecule has 0 saturated carbocycles. The van der Waals surface area contributed by atoms with Crippen LogP contribution in [0.25, 0.3) is 0 Å². The number of hydrogen-bond donors (Lipinski definition) is 0. The maximum atomic E-state index is 12.7. The van der Waals surface area contributed by atoms with Crippen molar-refractivity contribution < 1.29 is 35.8 Å². The first-order chi connectivity index (χ1) is 8.58. The van der Waals surface area contributed by atoms with E-state index in [0.29, 0.717) is 6.07 Å². The van der Waals surface area contributed by atoms with Gasteiger partial charge in [0.05, 0.1) is 13.0 Å². The van der Waals surface area contributed by atoms with Crippen LogP contribution < -0.4 is 9.47 Å². The SMILES string of the molecule is COc1cc(C(F)(F)F)c(OC(F)(F)F)c(CCl)n1. The standard InChI is InChI=1S/C9H6ClF6NO2/c1-18-6-2-4(8(11,12)13)7(5(3-10)17-6)19-9(14,15)16/h2H,3H2,1H3. The lowest BCUT2D eigenvalue weighted by Gasteiger charge is -2.18. The highest BCUT2D eigenvalue weighted by Crippen LogP contribution is 2.41. The summed E-state index contributed by atoms with van der Waals surface area (Å²) in [6.45, 7) is 0. The molecule has 3 nitrogen and oxygen atoms in total. The van der Waals surface area contributed by atoms with Gasteiger partial charge in [-0.25, -0.2) is 4.98 Å². The average Bonchev–Trinajstić information content (AvgIpc) is 2.25. The Morgan fingerprint density at radius 2 is 1.79 bits per heavy atom. The zero-order chi connectivity index (χ0) is 14.8. The summed E-state index contributed by atoms with van der Waals surface area (Å²) in [7, 11) is 1.02. The zero-order valence-corrected chi connectivity index (χ0v) is 9.95. The van der Waals surface area contributed by atoms with Crippen molar-refractivity contribution in [3.05, 3.63) is 17.3 Å². The monoisotopic (exact) mass is 309 g/mol. The van der Waals surface area contributed by atoms with Crippen LogP contribution in [0.2, 0.25) is 0 Å². The third-order valence-electron chi connectivity index (χ3n) is 1.88. The molecule has 0 radical (unpaired) electrons. The van der Waals surface area contributed by atoms with Crippen molar-refractivity contribution in [3.63, 3.8) is 0 Å². The molecular weight excluding hydrogens is 304 g/mol. The second kappa shape index (κ2) is 5.32. The lowest BCUT2D eigenvalue weighted by molar-refractivity contribution is -0.276. The van der Waals surface area contributed by atoms with Gasteiger partial charge in [-0.1, -0.05) is 0 Å². The summed E-state index contributed by atoms with van der Waals surface area (Å²) in [4.78, 5) is 3.39. The van der Waals surface area contributed by atoms with Crippen LogP contribution in [0.4, 0.5) is 26.3 Å². The van der Waals surface area contributed by atoms with Crippen LogP contribution in [-0.4, -0.2) is 18.5 Å². The van der Waals surface area contributed by atoms with Crippen molar-refractivity contribution in [2.75, 3.05) is 7.11 Å². The second-order valence-electron chi connectivity index (χ2n) is 3.17. The molecule has 0 spiro atoms. The number of methoxy groups -OCH3 is 1. The molecule has 0 amide bonds. The van der Waals surface area contributed by atoms with E-state index in [1.165, 1.54) is 0 Å². The third kappa shape index (κ3) is 4.05. The summed E-state index contributed by atoms with van der Waals surface area (Å²) >= 11 is 5.28. The summed E-state index contributed by atoms with van der Waals surface area (Å²) in [6, 6.07) is 0.303. The maximum Gasteiger partial charge on any atom is 0.573 e. The third-order valence-corrected chi connectivity index (χ3v) is 2.13. The first-order valence-corrected chi connectivity index (χ1v) is 5.08. The lowest BCUT2D eigenvalue weighted by Crippen LogP contribution is -2.22. The van der Waals surface area contributed by atoms with Gasteiger partial charge in [-0.05, 0) is 0 Å². The van der Waals surface area contributed by atoms with Gasteiger partial charge in [-0.3, -0.25) is 0 Å². The highest BCUT2D eigenvalue weighted by molar-refractivity contribution is 6.17. The van der Waals surface area contributed by atoms with Gasteiger partial charge in [0.1, 0.15) is 11.3 Å². The van der Waals surface area contributed by atoms with Crippen LogP contribution in [0.15, 0.2) is 6.07 Å². The summed E-state index contributed by atoms with van der Waals surface area (Å²) in [5.74, 6) is -2.70. The Labute approximate surface area is 108 Å². The largest absolute Gasteiger partial charge is 0.573 e. The normalized spacial score (nSPS) is 12.4. The molecule has 1 rings (SSSR count). The van der Waals surface area contributed by atoms with Crippen molar-refractivity contribution >= 4 is 11.6 Å². The molecule has 0 aliphatic heterocycles. The number of nitrogens with zero attached hydrogens (tertiary/aromatic N) is 1. The zero-order valence-electron chi connectivity index (χ0n) is 9.19. The number of hydrogen-bond acceptors (Lipinski definition) is 3. The topological polar surface area (TPSA) is 31.4 Å². The van der Waals surface area contributed by atoms with Crippen LogP contribution in [0.3, 0.4) is 0 Å². The quantitative estimate of drug-likeness (QED) is 0.629. The first-order valence-electron chi connectivity index (χ1n) is 4.55. The number of aromatic nitrogens is 1. The minimum Gasteiger partial charge on any atom is -0.481 e. The molecule has 0 aliphatic carbocycles. The molecule has 0 saturated heterocycles. The highest BCUT2D eigenvalue weighted by atomic mass is 35.5. The van der Waals surface area contributed by atoms with E-state index in [-0.39, 0.29) is 0 Å². The number of pyridine rings is 1. The van der Waals surface area contributed by atoms with Gasteiger partial charge in [-0.2, -0.15) is 13.2 Å². The summed E-state index contributed by atoms with van der Waals surface area (Å²) in [5.41, 5.74) is -2.38. The van der Waals surface area contributed by atoms with Crippen molar-refractivity contribution in [2.24, 2.45) is 0 Å². The summed E-state index contributed by atoms with van der Waals surface area (Å²) in [6.07, 6.45) is -10.4. The predicted molar refractivity (Wildman–Crippen MR) is 52.0 cm³/mol. The fourth-order valence-electron chi connectivity index (χ4n) is 1.20. The molecule has 19 heavy (non-hydrogen) atoms. The van der Waals surface area contributed by atoms with Crippen LogP contribution in [-0.2, 0) is 12.1 Å². The molecule has 0 aliphatic rings. The van der Waals surface area contributed by atoms with E-state index in [2.05, 4.69) is 14.5 Å². The minimum absolute atomic E-state index is 0.303. The number of alkyl halides is 7. The lowest BCUT2D eigenvalue weighted by atomic mass is 10.2. The Kier molecular flexibility index (Phi) is 4.39. The van der Waals surface area contributed by atoms with Gasteiger partial charge in [0.15, 0.2) is 5.75 Å². The molecule has 108 valence electrons. The molecule has 0 fully saturated rings. The van der Waals surface area contributed by atoms with E-state index in [1.54, 1.807) is 0 Å². The predicted octanol–water partition coefficient (Wildman–Crippen LogP) is 3.75. The molecule has 0 atom stereocenters. The van der Waals surface area contributed by atoms with Gasteiger partial charge < -0.3 is 9.47 Å². The Morgan fingerprint density at radius 3 is 2.16 bits per heavy atom. The summed E-state index contributed by atoms with van der Waals surface area (Å²) < 4.78 is 82.2. The highest BCUT2D eigenvalue weighted by Gasteiger charge is 2.41. The fraction of sp³-hybridized carbons (Fsp3) is 0.444. The van der Waals surface area contributed by atoms with Crippen LogP contribution in [0, 0.1) is 0 Å². The molecule has 0 N–H and O–H groups in total. The molecule has 1 heterocycles. The number of rotatable bonds is 3. The molecule has 10 heteroatoms. The molecule has 1 aromatic rings. The number of ether oxygens (including phenoxy) is 2. The van der Waals surface area contributed by atoms with Crippen LogP contribution in [0.1, 0.15) is 11.3 Å². The van der Waals surface area contributed by atoms with E-state index >= 15 is 0 Å². The van der Waals surface area contributed by atoms with E-state index < -0.39 is 41.3 Å². The molecule has 0 unspecified atom stereocenters. The Balaban J connectivity index is 3.47. The Hall–Kier alpha value is -1.38. The van der Waals surface area contributed by atoms with Crippen LogP contribution in [0.5, 0.6) is 11.6 Å². The molecule has 0 aromatic carbocycles. The van der Waals surface area contributed by atoms with Gasteiger partial charge in [0.25, 0.3) is 0 Å². The van der Waals surface area contributed by atoms with Gasteiger partial charge in [0, 0.05) is 6.07 Å². The van der Waals surface area contributed by atoms with E-state index in [1.807, 2.05) is 0 Å². The maximum absolute atomic E-state index is 12.7. The van der Waals surface area contributed by atoms with E-state index in [0.717, 1.165) is 7.11 Å². The smallest absolute Gasteiger partial charge is 0.481 e. The average molecular weight is 310 g/mol.